The monoisotopic (exact) mass is 221 g/mol. The van der Waals surface area contributed by atoms with Crippen LogP contribution < -0.4 is 11.1 Å². The highest BCUT2D eigenvalue weighted by Gasteiger charge is 2.13. The van der Waals surface area contributed by atoms with Gasteiger partial charge in [0.15, 0.2) is 0 Å². The summed E-state index contributed by atoms with van der Waals surface area (Å²) in [5.74, 6) is 0.0433. The molecule has 16 heavy (non-hydrogen) atoms. The first-order chi connectivity index (χ1) is 7.65. The second-order valence-corrected chi connectivity index (χ2v) is 3.81. The number of nitrogens with two attached hydrogens (primary N) is 1. The van der Waals surface area contributed by atoms with Crippen molar-refractivity contribution in [3.05, 3.63) is 30.3 Å². The fourth-order valence-electron chi connectivity index (χ4n) is 1.26. The number of hydrogen-bond donors (Lipinski definition) is 2. The van der Waals surface area contributed by atoms with Gasteiger partial charge in [-0.05, 0) is 19.1 Å². The Morgan fingerprint density at radius 3 is 2.62 bits per heavy atom. The van der Waals surface area contributed by atoms with Crippen LogP contribution in [0.15, 0.2) is 30.3 Å². The van der Waals surface area contributed by atoms with E-state index in [2.05, 4.69) is 5.32 Å². The lowest BCUT2D eigenvalue weighted by Crippen LogP contribution is -2.42. The molecule has 0 saturated heterocycles. The Hall–Kier alpha value is -1.55. The number of nitrogens with one attached hydrogen (secondary N) is 1. The van der Waals surface area contributed by atoms with Crippen LogP contribution in [0.1, 0.15) is 6.92 Å². The zero-order valence-corrected chi connectivity index (χ0v) is 9.81. The van der Waals surface area contributed by atoms with Crippen LogP contribution in [0.5, 0.6) is 0 Å². The van der Waals surface area contributed by atoms with Crippen LogP contribution in [0.2, 0.25) is 0 Å². The highest BCUT2D eigenvalue weighted by atomic mass is 16.2. The Morgan fingerprint density at radius 2 is 2.06 bits per heavy atom. The number of benzene rings is 1. The molecule has 0 aromatic heterocycles. The number of nitrogens with zero attached hydrogens (tertiary/aromatic N) is 1. The summed E-state index contributed by atoms with van der Waals surface area (Å²) in [4.78, 5) is 13.4. The van der Waals surface area contributed by atoms with E-state index in [0.717, 1.165) is 5.69 Å². The van der Waals surface area contributed by atoms with Gasteiger partial charge in [0, 0.05) is 25.3 Å². The van der Waals surface area contributed by atoms with Crippen molar-refractivity contribution in [1.82, 2.24) is 4.90 Å². The predicted octanol–water partition coefficient (Wildman–Crippen LogP) is 0.904. The molecular formula is C12H19N3O. The number of carbonyl (C=O) groups is 1. The molecule has 1 amide bonds. The van der Waals surface area contributed by atoms with Gasteiger partial charge in [0.25, 0.3) is 0 Å². The van der Waals surface area contributed by atoms with Crippen LogP contribution >= 0.6 is 0 Å². The zero-order chi connectivity index (χ0) is 12.0. The van der Waals surface area contributed by atoms with Gasteiger partial charge in [-0.2, -0.15) is 0 Å². The molecule has 0 bridgehead atoms. The summed E-state index contributed by atoms with van der Waals surface area (Å²) in [6.07, 6.45) is 0. The Morgan fingerprint density at radius 1 is 1.44 bits per heavy atom. The molecule has 0 heterocycles. The van der Waals surface area contributed by atoms with Crippen LogP contribution in [-0.4, -0.2) is 37.0 Å². The molecule has 88 valence electrons. The Labute approximate surface area is 96.4 Å². The van der Waals surface area contributed by atoms with Crippen LogP contribution in [0.3, 0.4) is 0 Å². The molecular weight excluding hydrogens is 202 g/mol. The molecule has 0 aliphatic rings. The molecule has 1 aromatic rings. The standard InChI is InChI=1S/C12H19N3O/c1-10(8-13)15(2)12(16)9-14-11-6-4-3-5-7-11/h3-7,10,14H,8-9,13H2,1-2H3. The van der Waals surface area contributed by atoms with Crippen molar-refractivity contribution in [3.8, 4) is 0 Å². The van der Waals surface area contributed by atoms with Crippen LogP contribution in [0, 0.1) is 0 Å². The van der Waals surface area contributed by atoms with Gasteiger partial charge < -0.3 is 16.0 Å². The van der Waals surface area contributed by atoms with Crippen molar-refractivity contribution in [2.24, 2.45) is 5.73 Å². The maximum absolute atomic E-state index is 11.7. The second kappa shape index (κ2) is 6.12. The van der Waals surface area contributed by atoms with Crippen molar-refractivity contribution >= 4 is 11.6 Å². The molecule has 0 radical (unpaired) electrons. The lowest BCUT2D eigenvalue weighted by atomic mass is 10.3. The first-order valence-corrected chi connectivity index (χ1v) is 5.39. The largest absolute Gasteiger partial charge is 0.376 e. The Bertz CT molecular complexity index is 326. The highest BCUT2D eigenvalue weighted by Crippen LogP contribution is 2.04. The summed E-state index contributed by atoms with van der Waals surface area (Å²) in [7, 11) is 1.77. The summed E-state index contributed by atoms with van der Waals surface area (Å²) in [6.45, 7) is 2.71. The highest BCUT2D eigenvalue weighted by molar-refractivity contribution is 5.80. The van der Waals surface area contributed by atoms with E-state index in [0.29, 0.717) is 13.1 Å². The Balaban J connectivity index is 2.41. The Kier molecular flexibility index (Phi) is 4.79. The van der Waals surface area contributed by atoms with Gasteiger partial charge in [-0.25, -0.2) is 0 Å². The summed E-state index contributed by atoms with van der Waals surface area (Å²) in [5, 5.41) is 3.07. The van der Waals surface area contributed by atoms with Crippen LogP contribution in [-0.2, 0) is 4.79 Å². The predicted molar refractivity (Wildman–Crippen MR) is 66.2 cm³/mol. The normalized spacial score (nSPS) is 11.9. The van der Waals surface area contributed by atoms with Gasteiger partial charge in [0.2, 0.25) is 5.91 Å². The van der Waals surface area contributed by atoms with Gasteiger partial charge in [0.1, 0.15) is 0 Å². The molecule has 3 N–H and O–H groups in total. The lowest BCUT2D eigenvalue weighted by molar-refractivity contribution is -0.129. The quantitative estimate of drug-likeness (QED) is 0.777. The third-order valence-corrected chi connectivity index (χ3v) is 2.61. The molecule has 1 rings (SSSR count). The van der Waals surface area contributed by atoms with Gasteiger partial charge >= 0.3 is 0 Å². The van der Waals surface area contributed by atoms with Gasteiger partial charge in [-0.3, -0.25) is 4.79 Å². The van der Waals surface area contributed by atoms with Gasteiger partial charge in [-0.1, -0.05) is 18.2 Å². The third-order valence-electron chi connectivity index (χ3n) is 2.61. The fourth-order valence-corrected chi connectivity index (χ4v) is 1.26. The molecule has 4 nitrogen and oxygen atoms in total. The van der Waals surface area contributed by atoms with E-state index in [1.165, 1.54) is 0 Å². The molecule has 0 saturated carbocycles. The van der Waals surface area contributed by atoms with Crippen molar-refractivity contribution in [1.29, 1.82) is 0 Å². The lowest BCUT2D eigenvalue weighted by Gasteiger charge is -2.23. The van der Waals surface area contributed by atoms with Gasteiger partial charge in [0.05, 0.1) is 6.54 Å². The molecule has 1 aromatic carbocycles. The minimum absolute atomic E-state index is 0.0433. The van der Waals surface area contributed by atoms with Crippen LogP contribution in [0.25, 0.3) is 0 Å². The molecule has 0 aliphatic heterocycles. The SMILES string of the molecule is CC(CN)N(C)C(=O)CNc1ccccc1. The summed E-state index contributed by atoms with van der Waals surface area (Å²) in [5.41, 5.74) is 6.45. The second-order valence-electron chi connectivity index (χ2n) is 3.81. The van der Waals surface area contributed by atoms with E-state index in [1.54, 1.807) is 11.9 Å². The van der Waals surface area contributed by atoms with Crippen molar-refractivity contribution < 1.29 is 4.79 Å². The number of likely N-dealkylation sites (N-methyl/N-ethyl adjacent to an activating group) is 1. The maximum Gasteiger partial charge on any atom is 0.241 e. The van der Waals surface area contributed by atoms with E-state index < -0.39 is 0 Å². The van der Waals surface area contributed by atoms with Gasteiger partial charge in [-0.15, -0.1) is 0 Å². The van der Waals surface area contributed by atoms with E-state index >= 15 is 0 Å². The number of para-hydroxylation sites is 1. The van der Waals surface area contributed by atoms with E-state index in [9.17, 15) is 4.79 Å². The smallest absolute Gasteiger partial charge is 0.241 e. The van der Waals surface area contributed by atoms with E-state index in [-0.39, 0.29) is 11.9 Å². The summed E-state index contributed by atoms with van der Waals surface area (Å²) in [6, 6.07) is 9.73. The first-order valence-electron chi connectivity index (χ1n) is 5.39. The molecule has 0 fully saturated rings. The van der Waals surface area contributed by atoms with Crippen molar-refractivity contribution in [2.45, 2.75) is 13.0 Å². The van der Waals surface area contributed by atoms with Crippen molar-refractivity contribution in [2.75, 3.05) is 25.5 Å². The maximum atomic E-state index is 11.7. The van der Waals surface area contributed by atoms with E-state index in [4.69, 9.17) is 5.73 Å². The third kappa shape index (κ3) is 3.55. The van der Waals surface area contributed by atoms with E-state index in [1.807, 2.05) is 37.3 Å². The molecule has 1 atom stereocenters. The molecule has 0 aliphatic carbocycles. The average Bonchev–Trinajstić information content (AvgIpc) is 2.35. The van der Waals surface area contributed by atoms with Crippen molar-refractivity contribution in [3.63, 3.8) is 0 Å². The summed E-state index contributed by atoms with van der Waals surface area (Å²) < 4.78 is 0. The number of amides is 1. The first kappa shape index (κ1) is 12.5. The zero-order valence-electron chi connectivity index (χ0n) is 9.81. The van der Waals surface area contributed by atoms with Crippen LogP contribution in [0.4, 0.5) is 5.69 Å². The minimum Gasteiger partial charge on any atom is -0.376 e. The summed E-state index contributed by atoms with van der Waals surface area (Å²) >= 11 is 0. The number of carbonyl (C=O) groups excluding carboxylic acids is 1. The minimum atomic E-state index is 0.0433. The number of rotatable bonds is 5. The fraction of sp³-hybridized carbons (Fsp3) is 0.417. The number of hydrogen-bond acceptors (Lipinski definition) is 3. The number of anilines is 1. The topological polar surface area (TPSA) is 58.4 Å². The molecule has 0 spiro atoms. The molecule has 1 unspecified atom stereocenters. The average molecular weight is 221 g/mol. The molecule has 4 heteroatoms.